The van der Waals surface area contributed by atoms with Crippen molar-refractivity contribution in [3.05, 3.63) is 77.5 Å². The molecule has 1 fully saturated rings. The second kappa shape index (κ2) is 10.4. The third-order valence-corrected chi connectivity index (χ3v) is 6.79. The molecule has 38 heavy (non-hydrogen) atoms. The number of nitrogens with zero attached hydrogens (tertiary/aromatic N) is 6. The Morgan fingerprint density at radius 3 is 2.58 bits per heavy atom. The van der Waals surface area contributed by atoms with Crippen molar-refractivity contribution in [1.82, 2.24) is 24.8 Å². The number of nitrogen functional groups attached to an aromatic ring is 1. The number of amides is 1. The van der Waals surface area contributed by atoms with Gasteiger partial charge in [-0.25, -0.2) is 19.3 Å². The number of nitrogens with one attached hydrogen (secondary N) is 1. The summed E-state index contributed by atoms with van der Waals surface area (Å²) in [7, 11) is 2.02. The quantitative estimate of drug-likeness (QED) is 0.415. The molecule has 0 bridgehead atoms. The van der Waals surface area contributed by atoms with E-state index < -0.39 is 11.9 Å². The van der Waals surface area contributed by atoms with Gasteiger partial charge in [-0.05, 0) is 37.7 Å². The van der Waals surface area contributed by atoms with E-state index in [0.29, 0.717) is 40.8 Å². The van der Waals surface area contributed by atoms with E-state index in [4.69, 9.17) is 10.7 Å². The summed E-state index contributed by atoms with van der Waals surface area (Å²) in [6.07, 6.45) is 1.28. The summed E-state index contributed by atoms with van der Waals surface area (Å²) >= 11 is 0. The van der Waals surface area contributed by atoms with Crippen LogP contribution in [0, 0.1) is 17.1 Å². The van der Waals surface area contributed by atoms with Gasteiger partial charge in [-0.1, -0.05) is 30.3 Å². The van der Waals surface area contributed by atoms with E-state index in [2.05, 4.69) is 20.2 Å². The van der Waals surface area contributed by atoms with Gasteiger partial charge in [-0.15, -0.1) is 0 Å². The summed E-state index contributed by atoms with van der Waals surface area (Å²) in [6.45, 7) is 4.50. The summed E-state index contributed by atoms with van der Waals surface area (Å²) in [4.78, 5) is 31.2. The Morgan fingerprint density at radius 2 is 1.87 bits per heavy atom. The van der Waals surface area contributed by atoms with E-state index in [9.17, 15) is 14.4 Å². The van der Waals surface area contributed by atoms with Crippen LogP contribution in [0.1, 0.15) is 34.6 Å². The van der Waals surface area contributed by atoms with Crippen molar-refractivity contribution in [2.75, 3.05) is 44.3 Å². The summed E-state index contributed by atoms with van der Waals surface area (Å²) < 4.78 is 14.5. The average Bonchev–Trinajstić information content (AvgIpc) is 2.92. The van der Waals surface area contributed by atoms with Crippen molar-refractivity contribution in [2.45, 2.75) is 13.0 Å². The van der Waals surface area contributed by atoms with E-state index in [1.54, 1.807) is 6.07 Å². The lowest BCUT2D eigenvalue weighted by Crippen LogP contribution is -2.47. The number of aromatic nitrogens is 3. The van der Waals surface area contributed by atoms with E-state index >= 15 is 0 Å². The lowest BCUT2D eigenvalue weighted by molar-refractivity contribution is 0.0666. The third kappa shape index (κ3) is 4.71. The second-order valence-corrected chi connectivity index (χ2v) is 9.33. The number of likely N-dealkylation sites (N-methyl/N-ethyl adjacent to an activating group) is 1. The maximum atomic E-state index is 14.5. The molecule has 10 heteroatoms. The van der Waals surface area contributed by atoms with E-state index in [1.807, 2.05) is 55.3 Å². The van der Waals surface area contributed by atoms with Crippen molar-refractivity contribution in [2.24, 2.45) is 0 Å². The number of rotatable bonds is 5. The second-order valence-electron chi connectivity index (χ2n) is 9.33. The molecule has 4 aromatic rings. The molecule has 1 atom stereocenters. The standard InChI is InChI=1S/C28H27FN8O/c1-17(34-27-21(15-30)26(31)32-16-33-27)25-23(18-6-4-3-5-7-18)24(20-14-19(29)8-9-22(20)35-25)28(38)37-12-10-36(2)11-13-37/h3-9,14,16-17H,10-13H2,1-2H3,(H3,31,32,33,34). The maximum Gasteiger partial charge on any atom is 0.255 e. The number of anilines is 2. The maximum absolute atomic E-state index is 14.5. The Balaban J connectivity index is 1.73. The fourth-order valence-electron chi connectivity index (χ4n) is 4.75. The zero-order chi connectivity index (χ0) is 26.8. The number of carbonyl (C=O) groups excluding carboxylic acids is 1. The lowest BCUT2D eigenvalue weighted by Gasteiger charge is -2.33. The van der Waals surface area contributed by atoms with Crippen molar-refractivity contribution in [3.8, 4) is 17.2 Å². The van der Waals surface area contributed by atoms with Gasteiger partial charge in [0.15, 0.2) is 0 Å². The molecule has 0 spiro atoms. The number of nitrogens with two attached hydrogens (primary N) is 1. The smallest absolute Gasteiger partial charge is 0.255 e. The Bertz CT molecular complexity index is 1540. The van der Waals surface area contributed by atoms with Gasteiger partial charge in [0.2, 0.25) is 0 Å². The summed E-state index contributed by atoms with van der Waals surface area (Å²) in [5.74, 6) is -0.292. The summed E-state index contributed by atoms with van der Waals surface area (Å²) in [5.41, 5.74) is 8.85. The molecular formula is C28H27FN8O. The Kier molecular flexibility index (Phi) is 6.85. The Labute approximate surface area is 219 Å². The molecule has 2 aromatic heterocycles. The summed E-state index contributed by atoms with van der Waals surface area (Å²) in [6, 6.07) is 15.3. The normalized spacial score (nSPS) is 14.7. The largest absolute Gasteiger partial charge is 0.382 e. The van der Waals surface area contributed by atoms with Crippen LogP contribution < -0.4 is 11.1 Å². The average molecular weight is 511 g/mol. The van der Waals surface area contributed by atoms with Crippen molar-refractivity contribution in [1.29, 1.82) is 5.26 Å². The minimum Gasteiger partial charge on any atom is -0.382 e. The molecule has 1 saturated heterocycles. The molecule has 1 amide bonds. The summed E-state index contributed by atoms with van der Waals surface area (Å²) in [5, 5.41) is 13.3. The predicted octanol–water partition coefficient (Wildman–Crippen LogP) is 3.85. The van der Waals surface area contributed by atoms with Gasteiger partial charge in [0.25, 0.3) is 5.91 Å². The molecule has 0 saturated carbocycles. The van der Waals surface area contributed by atoms with E-state index in [-0.39, 0.29) is 23.1 Å². The fourth-order valence-corrected chi connectivity index (χ4v) is 4.75. The molecule has 1 aliphatic heterocycles. The highest BCUT2D eigenvalue weighted by Crippen LogP contribution is 2.37. The molecule has 3 heterocycles. The van der Waals surface area contributed by atoms with Crippen molar-refractivity contribution >= 4 is 28.4 Å². The zero-order valence-corrected chi connectivity index (χ0v) is 21.1. The Morgan fingerprint density at radius 1 is 1.13 bits per heavy atom. The van der Waals surface area contributed by atoms with Crippen LogP contribution in [0.3, 0.4) is 0 Å². The van der Waals surface area contributed by atoms with Gasteiger partial charge in [0.05, 0.1) is 22.8 Å². The first-order chi connectivity index (χ1) is 18.4. The predicted molar refractivity (Wildman–Crippen MR) is 144 cm³/mol. The molecule has 192 valence electrons. The highest BCUT2D eigenvalue weighted by atomic mass is 19.1. The van der Waals surface area contributed by atoms with Gasteiger partial charge in [0.1, 0.15) is 35.4 Å². The van der Waals surface area contributed by atoms with Crippen LogP contribution in [0.4, 0.5) is 16.0 Å². The van der Waals surface area contributed by atoms with E-state index in [1.165, 1.54) is 18.5 Å². The van der Waals surface area contributed by atoms with Gasteiger partial charge in [-0.2, -0.15) is 5.26 Å². The number of piperazine rings is 1. The van der Waals surface area contributed by atoms with Crippen LogP contribution in [0.2, 0.25) is 0 Å². The van der Waals surface area contributed by atoms with Gasteiger partial charge < -0.3 is 20.9 Å². The lowest BCUT2D eigenvalue weighted by atomic mass is 9.91. The van der Waals surface area contributed by atoms with Crippen LogP contribution in [0.25, 0.3) is 22.0 Å². The van der Waals surface area contributed by atoms with Crippen LogP contribution in [0.15, 0.2) is 54.9 Å². The number of pyridine rings is 1. The first kappa shape index (κ1) is 25.0. The number of hydrogen-bond acceptors (Lipinski definition) is 8. The van der Waals surface area contributed by atoms with Gasteiger partial charge >= 0.3 is 0 Å². The number of fused-ring (bicyclic) bond motifs is 1. The molecule has 1 unspecified atom stereocenters. The molecule has 3 N–H and O–H groups in total. The zero-order valence-electron chi connectivity index (χ0n) is 21.1. The molecule has 5 rings (SSSR count). The molecule has 1 aliphatic rings. The highest BCUT2D eigenvalue weighted by Gasteiger charge is 2.29. The fraction of sp³-hybridized carbons (Fsp3) is 0.250. The number of carbonyl (C=O) groups is 1. The molecule has 0 aliphatic carbocycles. The van der Waals surface area contributed by atoms with Gasteiger partial charge in [-0.3, -0.25) is 4.79 Å². The number of hydrogen-bond donors (Lipinski definition) is 2. The molecule has 9 nitrogen and oxygen atoms in total. The van der Waals surface area contributed by atoms with E-state index in [0.717, 1.165) is 18.7 Å². The van der Waals surface area contributed by atoms with Gasteiger partial charge in [0, 0.05) is 37.1 Å². The van der Waals surface area contributed by atoms with Crippen LogP contribution in [-0.2, 0) is 0 Å². The monoisotopic (exact) mass is 510 g/mol. The number of benzene rings is 2. The van der Waals surface area contributed by atoms with Crippen LogP contribution >= 0.6 is 0 Å². The first-order valence-electron chi connectivity index (χ1n) is 12.3. The van der Waals surface area contributed by atoms with Crippen molar-refractivity contribution < 1.29 is 9.18 Å². The first-order valence-corrected chi connectivity index (χ1v) is 12.3. The van der Waals surface area contributed by atoms with Crippen LogP contribution in [0.5, 0.6) is 0 Å². The topological polar surface area (TPSA) is 124 Å². The number of nitriles is 1. The molecular weight excluding hydrogens is 483 g/mol. The van der Waals surface area contributed by atoms with Crippen LogP contribution in [-0.4, -0.2) is 63.9 Å². The molecule has 0 radical (unpaired) electrons. The Hall–Kier alpha value is -4.62. The van der Waals surface area contributed by atoms with Crippen molar-refractivity contribution in [3.63, 3.8) is 0 Å². The third-order valence-electron chi connectivity index (χ3n) is 6.79. The minimum absolute atomic E-state index is 0.0633. The highest BCUT2D eigenvalue weighted by molar-refractivity contribution is 6.12. The molecule has 2 aromatic carbocycles. The minimum atomic E-state index is -0.500. The number of halogens is 1. The SMILES string of the molecule is CC(Nc1ncnc(N)c1C#N)c1nc2ccc(F)cc2c(C(=O)N2CCN(C)CC2)c1-c1ccccc1.